The van der Waals surface area contributed by atoms with Crippen LogP contribution >= 0.6 is 0 Å². The number of nitrogens with one attached hydrogen (secondary N) is 1. The van der Waals surface area contributed by atoms with E-state index in [-0.39, 0.29) is 0 Å². The first-order chi connectivity index (χ1) is 7.24. The Kier molecular flexibility index (Phi) is 6.26. The minimum atomic E-state index is 0.714. The van der Waals surface area contributed by atoms with E-state index in [1.54, 1.807) is 0 Å². The van der Waals surface area contributed by atoms with Crippen molar-refractivity contribution in [1.82, 2.24) is 10.2 Å². The fraction of sp³-hybridized carbons (Fsp3) is 1.00. The minimum Gasteiger partial charge on any atom is -0.317 e. The number of unbranched alkanes of at least 4 members (excludes halogenated alkanes) is 1. The van der Waals surface area contributed by atoms with E-state index in [0.717, 1.165) is 5.92 Å². The zero-order chi connectivity index (χ0) is 11.1. The predicted octanol–water partition coefficient (Wildman–Crippen LogP) is 2.50. The third kappa shape index (κ3) is 4.98. The third-order valence-corrected chi connectivity index (χ3v) is 3.48. The summed E-state index contributed by atoms with van der Waals surface area (Å²) in [6.07, 6.45) is 5.41. The van der Waals surface area contributed by atoms with Gasteiger partial charge in [0, 0.05) is 12.6 Å². The van der Waals surface area contributed by atoms with Gasteiger partial charge in [0.25, 0.3) is 0 Å². The van der Waals surface area contributed by atoms with Gasteiger partial charge in [0.15, 0.2) is 0 Å². The van der Waals surface area contributed by atoms with Crippen LogP contribution < -0.4 is 5.32 Å². The maximum Gasteiger partial charge on any atom is 0.00387 e. The maximum absolute atomic E-state index is 3.44. The molecule has 2 heteroatoms. The van der Waals surface area contributed by atoms with Gasteiger partial charge >= 0.3 is 0 Å². The number of nitrogens with zero attached hydrogens (tertiary/aromatic N) is 1. The molecule has 1 heterocycles. The first kappa shape index (κ1) is 13.0. The van der Waals surface area contributed by atoms with Gasteiger partial charge in [-0.15, -0.1) is 0 Å². The third-order valence-electron chi connectivity index (χ3n) is 3.48. The van der Waals surface area contributed by atoms with Gasteiger partial charge in [0.05, 0.1) is 0 Å². The van der Waals surface area contributed by atoms with E-state index >= 15 is 0 Å². The summed E-state index contributed by atoms with van der Waals surface area (Å²) < 4.78 is 0. The Labute approximate surface area is 95.4 Å². The normalized spacial score (nSPS) is 19.0. The molecule has 90 valence electrons. The lowest BCUT2D eigenvalue weighted by Crippen LogP contribution is -2.39. The monoisotopic (exact) mass is 212 g/mol. The van der Waals surface area contributed by atoms with Crippen LogP contribution in [0.1, 0.15) is 46.5 Å². The number of hydrogen-bond acceptors (Lipinski definition) is 2. The molecule has 2 nitrogen and oxygen atoms in total. The largest absolute Gasteiger partial charge is 0.317 e. The fourth-order valence-electron chi connectivity index (χ4n) is 2.32. The van der Waals surface area contributed by atoms with E-state index in [2.05, 4.69) is 31.0 Å². The van der Waals surface area contributed by atoms with E-state index in [9.17, 15) is 0 Å². The summed E-state index contributed by atoms with van der Waals surface area (Å²) in [6, 6.07) is 0.714. The molecule has 0 saturated carbocycles. The molecule has 1 saturated heterocycles. The molecular weight excluding hydrogens is 184 g/mol. The van der Waals surface area contributed by atoms with E-state index in [1.165, 1.54) is 51.9 Å². The van der Waals surface area contributed by atoms with Gasteiger partial charge in [-0.1, -0.05) is 13.3 Å². The van der Waals surface area contributed by atoms with Crippen molar-refractivity contribution in [3.05, 3.63) is 0 Å². The van der Waals surface area contributed by atoms with Crippen molar-refractivity contribution in [1.29, 1.82) is 0 Å². The van der Waals surface area contributed by atoms with Crippen LogP contribution in [0.15, 0.2) is 0 Å². The summed E-state index contributed by atoms with van der Waals surface area (Å²) in [5.74, 6) is 0.936. The van der Waals surface area contributed by atoms with Crippen molar-refractivity contribution in [3.8, 4) is 0 Å². The molecule has 1 aliphatic heterocycles. The topological polar surface area (TPSA) is 15.3 Å². The lowest BCUT2D eigenvalue weighted by molar-refractivity contribution is 0.167. The molecule has 0 aromatic carbocycles. The fourth-order valence-corrected chi connectivity index (χ4v) is 2.32. The molecule has 0 atom stereocenters. The summed E-state index contributed by atoms with van der Waals surface area (Å²) >= 11 is 0. The molecule has 1 N–H and O–H groups in total. The first-order valence-electron chi connectivity index (χ1n) is 6.68. The Morgan fingerprint density at radius 3 is 2.47 bits per heavy atom. The van der Waals surface area contributed by atoms with Crippen LogP contribution in [0, 0.1) is 5.92 Å². The molecule has 0 unspecified atom stereocenters. The summed E-state index contributed by atoms with van der Waals surface area (Å²) in [4.78, 5) is 2.67. The van der Waals surface area contributed by atoms with Gasteiger partial charge in [0.2, 0.25) is 0 Å². The molecule has 0 spiro atoms. The number of piperidine rings is 1. The second-order valence-electron chi connectivity index (χ2n) is 5.14. The summed E-state index contributed by atoms with van der Waals surface area (Å²) in [6.45, 7) is 12.0. The van der Waals surface area contributed by atoms with Crippen LogP contribution in [0.5, 0.6) is 0 Å². The van der Waals surface area contributed by atoms with Crippen LogP contribution in [-0.2, 0) is 0 Å². The van der Waals surface area contributed by atoms with Gasteiger partial charge < -0.3 is 10.2 Å². The zero-order valence-corrected chi connectivity index (χ0v) is 10.8. The molecule has 1 fully saturated rings. The Morgan fingerprint density at radius 1 is 1.27 bits per heavy atom. The van der Waals surface area contributed by atoms with Crippen LogP contribution in [-0.4, -0.2) is 37.1 Å². The Hall–Kier alpha value is -0.0800. The van der Waals surface area contributed by atoms with Gasteiger partial charge in [-0.2, -0.15) is 0 Å². The standard InChI is InChI=1S/C13H28N2/c1-4-5-10-15(12(2)3)11-13-6-8-14-9-7-13/h12-14H,4-11H2,1-3H3. The average Bonchev–Trinajstić information content (AvgIpc) is 2.25. The highest BCUT2D eigenvalue weighted by Crippen LogP contribution is 2.15. The second-order valence-corrected chi connectivity index (χ2v) is 5.14. The highest BCUT2D eigenvalue weighted by molar-refractivity contribution is 4.74. The Bertz CT molecular complexity index is 151. The highest BCUT2D eigenvalue weighted by atomic mass is 15.1. The van der Waals surface area contributed by atoms with Gasteiger partial charge in [-0.3, -0.25) is 0 Å². The predicted molar refractivity (Wildman–Crippen MR) is 67.2 cm³/mol. The van der Waals surface area contributed by atoms with Crippen molar-refractivity contribution < 1.29 is 0 Å². The molecule has 1 aliphatic rings. The average molecular weight is 212 g/mol. The number of hydrogen-bond donors (Lipinski definition) is 1. The van der Waals surface area contributed by atoms with Gasteiger partial charge in [-0.05, 0) is 58.7 Å². The van der Waals surface area contributed by atoms with Gasteiger partial charge in [0.1, 0.15) is 0 Å². The smallest absolute Gasteiger partial charge is 0.00387 e. The second kappa shape index (κ2) is 7.24. The summed E-state index contributed by atoms with van der Waals surface area (Å²) in [5, 5.41) is 3.44. The van der Waals surface area contributed by atoms with Crippen LogP contribution in [0.25, 0.3) is 0 Å². The van der Waals surface area contributed by atoms with Gasteiger partial charge in [-0.25, -0.2) is 0 Å². The molecule has 1 rings (SSSR count). The molecule has 0 amide bonds. The van der Waals surface area contributed by atoms with E-state index in [4.69, 9.17) is 0 Å². The molecule has 0 bridgehead atoms. The lowest BCUT2D eigenvalue weighted by atomic mass is 9.97. The van der Waals surface area contributed by atoms with E-state index in [0.29, 0.717) is 6.04 Å². The van der Waals surface area contributed by atoms with Crippen molar-refractivity contribution in [2.45, 2.75) is 52.5 Å². The summed E-state index contributed by atoms with van der Waals surface area (Å²) in [7, 11) is 0. The number of rotatable bonds is 6. The highest BCUT2D eigenvalue weighted by Gasteiger charge is 2.18. The lowest BCUT2D eigenvalue weighted by Gasteiger charge is -2.32. The van der Waals surface area contributed by atoms with E-state index < -0.39 is 0 Å². The molecule has 15 heavy (non-hydrogen) atoms. The zero-order valence-electron chi connectivity index (χ0n) is 10.8. The first-order valence-corrected chi connectivity index (χ1v) is 6.68. The van der Waals surface area contributed by atoms with Crippen LogP contribution in [0.3, 0.4) is 0 Å². The van der Waals surface area contributed by atoms with Crippen molar-refractivity contribution in [2.24, 2.45) is 5.92 Å². The van der Waals surface area contributed by atoms with Crippen molar-refractivity contribution in [2.75, 3.05) is 26.2 Å². The molecular formula is C13H28N2. The Balaban J connectivity index is 2.28. The molecule has 0 aliphatic carbocycles. The van der Waals surface area contributed by atoms with Crippen molar-refractivity contribution >= 4 is 0 Å². The SMILES string of the molecule is CCCCN(CC1CCNCC1)C(C)C. The summed E-state index contributed by atoms with van der Waals surface area (Å²) in [5.41, 5.74) is 0. The van der Waals surface area contributed by atoms with Crippen LogP contribution in [0.4, 0.5) is 0 Å². The minimum absolute atomic E-state index is 0.714. The quantitative estimate of drug-likeness (QED) is 0.728. The van der Waals surface area contributed by atoms with E-state index in [1.807, 2.05) is 0 Å². The maximum atomic E-state index is 3.44. The Morgan fingerprint density at radius 2 is 1.93 bits per heavy atom. The van der Waals surface area contributed by atoms with Crippen LogP contribution in [0.2, 0.25) is 0 Å². The van der Waals surface area contributed by atoms with Crippen molar-refractivity contribution in [3.63, 3.8) is 0 Å². The molecule has 0 radical (unpaired) electrons. The molecule has 0 aromatic rings. The molecule has 0 aromatic heterocycles.